The van der Waals surface area contributed by atoms with Gasteiger partial charge in [-0.1, -0.05) is 5.92 Å². The number of halogens is 2. The van der Waals surface area contributed by atoms with Crippen LogP contribution in [0.15, 0.2) is 30.3 Å². The van der Waals surface area contributed by atoms with E-state index in [0.29, 0.717) is 17.2 Å². The Morgan fingerprint density at radius 3 is 2.40 bits per heavy atom. The number of terminal acetylenes is 1. The van der Waals surface area contributed by atoms with Crippen LogP contribution in [0, 0.1) is 24.0 Å². The maximum Gasteiger partial charge on any atom is 0.243 e. The van der Waals surface area contributed by atoms with Crippen molar-refractivity contribution in [2.75, 3.05) is 31.4 Å². The van der Waals surface area contributed by atoms with Crippen molar-refractivity contribution in [1.82, 2.24) is 0 Å². The minimum absolute atomic E-state index is 0.0751. The lowest BCUT2D eigenvalue weighted by Crippen LogP contribution is -2.23. The third-order valence-electron chi connectivity index (χ3n) is 3.32. The third kappa shape index (κ3) is 4.38. The Morgan fingerprint density at radius 2 is 1.84 bits per heavy atom. The summed E-state index contributed by atoms with van der Waals surface area (Å²) in [6.07, 6.45) is 5.11. The van der Waals surface area contributed by atoms with Crippen LogP contribution >= 0.6 is 0 Å². The van der Waals surface area contributed by atoms with Crippen molar-refractivity contribution in [3.8, 4) is 23.8 Å². The van der Waals surface area contributed by atoms with E-state index < -0.39 is 23.2 Å². The standard InChI is InChI=1S/C18H16F2N2O3/c1-4-11-7-13(19)18(14(20)8-11)21-10-17(23)22-15-9-12(24-2)5-6-16(15)25-3/h1,5-9,21H,10H2,2-3H3,(H,22,23). The molecule has 2 aromatic carbocycles. The second kappa shape index (κ2) is 8.02. The van der Waals surface area contributed by atoms with Crippen molar-refractivity contribution >= 4 is 17.3 Å². The average Bonchev–Trinajstić information content (AvgIpc) is 2.60. The minimum atomic E-state index is -0.875. The molecule has 130 valence electrons. The summed E-state index contributed by atoms with van der Waals surface area (Å²) < 4.78 is 37.9. The molecule has 1 amide bonds. The molecule has 0 aliphatic heterocycles. The number of carbonyl (C=O) groups is 1. The first-order valence-electron chi connectivity index (χ1n) is 7.20. The Hall–Kier alpha value is -3.27. The van der Waals surface area contributed by atoms with Gasteiger partial charge < -0.3 is 20.1 Å². The molecule has 2 rings (SSSR count). The van der Waals surface area contributed by atoms with E-state index in [2.05, 4.69) is 16.6 Å². The molecule has 5 nitrogen and oxygen atoms in total. The average molecular weight is 346 g/mol. The SMILES string of the molecule is C#Cc1cc(F)c(NCC(=O)Nc2cc(OC)ccc2OC)c(F)c1. The molecule has 0 aliphatic rings. The summed E-state index contributed by atoms with van der Waals surface area (Å²) in [6.45, 7) is -0.358. The van der Waals surface area contributed by atoms with Crippen molar-refractivity contribution in [2.24, 2.45) is 0 Å². The van der Waals surface area contributed by atoms with Crippen molar-refractivity contribution in [1.29, 1.82) is 0 Å². The van der Waals surface area contributed by atoms with Gasteiger partial charge in [0.2, 0.25) is 5.91 Å². The maximum absolute atomic E-state index is 13.8. The highest BCUT2D eigenvalue weighted by atomic mass is 19.1. The zero-order valence-electron chi connectivity index (χ0n) is 13.7. The number of rotatable bonds is 6. The number of hydrogen-bond acceptors (Lipinski definition) is 4. The molecular weight excluding hydrogens is 330 g/mol. The predicted molar refractivity (Wildman–Crippen MR) is 91.0 cm³/mol. The molecule has 0 heterocycles. The van der Waals surface area contributed by atoms with E-state index in [1.807, 2.05) is 0 Å². The second-order valence-corrected chi connectivity index (χ2v) is 4.93. The highest BCUT2D eigenvalue weighted by Crippen LogP contribution is 2.29. The van der Waals surface area contributed by atoms with Gasteiger partial charge in [0.1, 0.15) is 17.2 Å². The molecule has 0 atom stereocenters. The van der Waals surface area contributed by atoms with E-state index in [9.17, 15) is 13.6 Å². The predicted octanol–water partition coefficient (Wildman–Crippen LogP) is 3.01. The van der Waals surface area contributed by atoms with E-state index in [1.54, 1.807) is 18.2 Å². The van der Waals surface area contributed by atoms with Crippen molar-refractivity contribution in [3.05, 3.63) is 47.5 Å². The molecule has 0 spiro atoms. The molecule has 0 unspecified atom stereocenters. The minimum Gasteiger partial charge on any atom is -0.497 e. The lowest BCUT2D eigenvalue weighted by molar-refractivity contribution is -0.114. The van der Waals surface area contributed by atoms with E-state index in [1.165, 1.54) is 14.2 Å². The molecule has 0 saturated heterocycles. The first-order valence-corrected chi connectivity index (χ1v) is 7.20. The topological polar surface area (TPSA) is 59.6 Å². The van der Waals surface area contributed by atoms with Gasteiger partial charge in [0.15, 0.2) is 11.6 Å². The fourth-order valence-electron chi connectivity index (χ4n) is 2.10. The van der Waals surface area contributed by atoms with Gasteiger partial charge in [0.05, 0.1) is 26.5 Å². The van der Waals surface area contributed by atoms with Gasteiger partial charge in [-0.15, -0.1) is 6.42 Å². The van der Waals surface area contributed by atoms with Gasteiger partial charge in [-0.05, 0) is 24.3 Å². The number of ether oxygens (including phenoxy) is 2. The Kier molecular flexibility index (Phi) is 5.79. The summed E-state index contributed by atoms with van der Waals surface area (Å²) in [5, 5.41) is 5.00. The Labute approximate surface area is 143 Å². The monoisotopic (exact) mass is 346 g/mol. The Bertz CT molecular complexity index is 809. The van der Waals surface area contributed by atoms with Crippen LogP contribution in [0.2, 0.25) is 0 Å². The highest BCUT2D eigenvalue weighted by Gasteiger charge is 2.13. The van der Waals surface area contributed by atoms with E-state index in [0.717, 1.165) is 12.1 Å². The van der Waals surface area contributed by atoms with Gasteiger partial charge >= 0.3 is 0 Å². The summed E-state index contributed by atoms with van der Waals surface area (Å²) in [5.41, 5.74) is 0.0233. The second-order valence-electron chi connectivity index (χ2n) is 4.93. The van der Waals surface area contributed by atoms with E-state index in [-0.39, 0.29) is 12.1 Å². The first kappa shape index (κ1) is 18.1. The molecule has 0 aliphatic carbocycles. The number of carbonyl (C=O) groups excluding carboxylic acids is 1. The van der Waals surface area contributed by atoms with Gasteiger partial charge in [0, 0.05) is 11.6 Å². The van der Waals surface area contributed by atoms with Crippen LogP contribution in [0.1, 0.15) is 5.56 Å². The van der Waals surface area contributed by atoms with Crippen molar-refractivity contribution in [2.45, 2.75) is 0 Å². The maximum atomic E-state index is 13.8. The molecule has 0 bridgehead atoms. The summed E-state index contributed by atoms with van der Waals surface area (Å²) in [6, 6.07) is 6.88. The van der Waals surface area contributed by atoms with E-state index in [4.69, 9.17) is 15.9 Å². The highest BCUT2D eigenvalue weighted by molar-refractivity contribution is 5.95. The molecule has 2 aromatic rings. The molecule has 0 saturated carbocycles. The lowest BCUT2D eigenvalue weighted by Gasteiger charge is -2.13. The van der Waals surface area contributed by atoms with Crippen LogP contribution in [-0.2, 0) is 4.79 Å². The quantitative estimate of drug-likeness (QED) is 0.790. The molecule has 0 radical (unpaired) electrons. The zero-order valence-corrected chi connectivity index (χ0v) is 13.7. The van der Waals surface area contributed by atoms with E-state index >= 15 is 0 Å². The van der Waals surface area contributed by atoms with Crippen LogP contribution < -0.4 is 20.1 Å². The number of amides is 1. The number of nitrogens with one attached hydrogen (secondary N) is 2. The number of hydrogen-bond donors (Lipinski definition) is 2. The first-order chi connectivity index (χ1) is 12.0. The molecule has 7 heteroatoms. The normalized spacial score (nSPS) is 9.88. The fourth-order valence-corrected chi connectivity index (χ4v) is 2.10. The molecule has 0 aromatic heterocycles. The Balaban J connectivity index is 2.08. The largest absolute Gasteiger partial charge is 0.497 e. The summed E-state index contributed by atoms with van der Waals surface area (Å²) in [4.78, 5) is 12.1. The smallest absolute Gasteiger partial charge is 0.243 e. The van der Waals surface area contributed by atoms with Gasteiger partial charge in [0.25, 0.3) is 0 Å². The van der Waals surface area contributed by atoms with Crippen LogP contribution in [-0.4, -0.2) is 26.7 Å². The van der Waals surface area contributed by atoms with Crippen LogP contribution in [0.25, 0.3) is 0 Å². The zero-order chi connectivity index (χ0) is 18.4. The molecule has 25 heavy (non-hydrogen) atoms. The van der Waals surface area contributed by atoms with Crippen LogP contribution in [0.3, 0.4) is 0 Å². The summed E-state index contributed by atoms with van der Waals surface area (Å²) in [7, 11) is 2.94. The van der Waals surface area contributed by atoms with Crippen molar-refractivity contribution in [3.63, 3.8) is 0 Å². The van der Waals surface area contributed by atoms with Crippen LogP contribution in [0.5, 0.6) is 11.5 Å². The van der Waals surface area contributed by atoms with Crippen molar-refractivity contribution < 1.29 is 23.0 Å². The molecular formula is C18H16F2N2O3. The Morgan fingerprint density at radius 1 is 1.16 bits per heavy atom. The summed E-state index contributed by atoms with van der Waals surface area (Å²) in [5.74, 6) is 0.812. The fraction of sp³-hybridized carbons (Fsp3) is 0.167. The van der Waals surface area contributed by atoms with Gasteiger partial charge in [-0.2, -0.15) is 0 Å². The molecule has 0 fully saturated rings. The molecule has 2 N–H and O–H groups in total. The van der Waals surface area contributed by atoms with Gasteiger partial charge in [-0.3, -0.25) is 4.79 Å². The van der Waals surface area contributed by atoms with Gasteiger partial charge in [-0.25, -0.2) is 8.78 Å². The summed E-state index contributed by atoms with van der Waals surface area (Å²) >= 11 is 0. The number of anilines is 2. The third-order valence-corrected chi connectivity index (χ3v) is 3.32. The lowest BCUT2D eigenvalue weighted by atomic mass is 10.2. The number of methoxy groups -OCH3 is 2. The number of benzene rings is 2. The van der Waals surface area contributed by atoms with Crippen LogP contribution in [0.4, 0.5) is 20.2 Å².